The van der Waals surface area contributed by atoms with E-state index >= 15 is 0 Å². The fourth-order valence-corrected chi connectivity index (χ4v) is 3.53. The second-order valence-corrected chi connectivity index (χ2v) is 8.24. The highest BCUT2D eigenvalue weighted by molar-refractivity contribution is 7.86. The van der Waals surface area contributed by atoms with Crippen LogP contribution in [0.4, 0.5) is 0 Å². The van der Waals surface area contributed by atoms with E-state index in [1.165, 1.54) is 18.2 Å². The summed E-state index contributed by atoms with van der Waals surface area (Å²) in [6.07, 6.45) is 2.14. The summed E-state index contributed by atoms with van der Waals surface area (Å²) >= 11 is 18.1. The molecule has 0 amide bonds. The summed E-state index contributed by atoms with van der Waals surface area (Å²) in [4.78, 5) is 16.3. The second kappa shape index (κ2) is 7.52. The zero-order valence-electron chi connectivity index (χ0n) is 13.6. The first-order valence-electron chi connectivity index (χ1n) is 7.30. The van der Waals surface area contributed by atoms with E-state index < -0.39 is 16.1 Å². The normalized spacial score (nSPS) is 15.6. The van der Waals surface area contributed by atoms with Gasteiger partial charge in [-0.25, -0.2) is 9.79 Å². The minimum absolute atomic E-state index is 0.0237. The molecule has 3 rings (SSSR count). The Hall–Kier alpha value is -2.06. The molecule has 0 bridgehead atoms. The van der Waals surface area contributed by atoms with Gasteiger partial charge in [-0.05, 0) is 30.3 Å². The lowest BCUT2D eigenvalue weighted by Crippen LogP contribution is -2.08. The molecular formula is C17H10Cl3NO5S. The van der Waals surface area contributed by atoms with Gasteiger partial charge in [-0.3, -0.25) is 0 Å². The maximum absolute atomic E-state index is 12.2. The van der Waals surface area contributed by atoms with E-state index in [1.54, 1.807) is 24.3 Å². The number of carbonyl (C=O) groups is 1. The van der Waals surface area contributed by atoms with Gasteiger partial charge in [0.2, 0.25) is 5.90 Å². The topological polar surface area (TPSA) is 82.0 Å². The molecule has 10 heteroatoms. The van der Waals surface area contributed by atoms with Crippen LogP contribution in [0.15, 0.2) is 47.1 Å². The van der Waals surface area contributed by atoms with Crippen LogP contribution in [0.5, 0.6) is 5.75 Å². The van der Waals surface area contributed by atoms with Crippen molar-refractivity contribution in [2.45, 2.75) is 0 Å². The molecule has 0 aliphatic carbocycles. The van der Waals surface area contributed by atoms with Gasteiger partial charge in [0.05, 0.1) is 21.9 Å². The van der Waals surface area contributed by atoms with Gasteiger partial charge in [0.25, 0.3) is 0 Å². The second-order valence-electron chi connectivity index (χ2n) is 5.41. The highest BCUT2D eigenvalue weighted by Crippen LogP contribution is 2.35. The van der Waals surface area contributed by atoms with Crippen LogP contribution in [-0.4, -0.2) is 26.5 Å². The van der Waals surface area contributed by atoms with Crippen molar-refractivity contribution in [3.05, 3.63) is 68.3 Å². The molecule has 0 saturated carbocycles. The predicted molar refractivity (Wildman–Crippen MR) is 104 cm³/mol. The third-order valence-corrected chi connectivity index (χ3v) is 4.59. The average Bonchev–Trinajstić information content (AvgIpc) is 2.91. The van der Waals surface area contributed by atoms with Crippen molar-refractivity contribution in [2.75, 3.05) is 6.26 Å². The van der Waals surface area contributed by atoms with Gasteiger partial charge in [-0.1, -0.05) is 46.9 Å². The number of halogens is 3. The number of cyclic esters (lactones) is 1. The number of hydrogen-bond acceptors (Lipinski definition) is 6. The van der Waals surface area contributed by atoms with Crippen molar-refractivity contribution < 1.29 is 22.1 Å². The van der Waals surface area contributed by atoms with Crippen LogP contribution < -0.4 is 4.18 Å². The summed E-state index contributed by atoms with van der Waals surface area (Å²) in [6.45, 7) is 0. The molecule has 0 spiro atoms. The standard InChI is InChI=1S/C17H10Cl3NO5S/c1-27(23,24)26-15-9(6-10(18)8-13(15)20)7-14-17(22)25-16(21-14)11-4-2-3-5-12(11)19/h2-8H,1H3. The van der Waals surface area contributed by atoms with Crippen LogP contribution in [0.3, 0.4) is 0 Å². The lowest BCUT2D eigenvalue weighted by molar-refractivity contribution is -0.129. The number of esters is 1. The van der Waals surface area contributed by atoms with E-state index in [-0.39, 0.29) is 33.0 Å². The number of ether oxygens (including phenoxy) is 1. The summed E-state index contributed by atoms with van der Waals surface area (Å²) in [5.74, 6) is -0.896. The molecule has 0 radical (unpaired) electrons. The minimum Gasteiger partial charge on any atom is -0.402 e. The van der Waals surface area contributed by atoms with Gasteiger partial charge in [-0.2, -0.15) is 8.42 Å². The van der Waals surface area contributed by atoms with E-state index in [0.29, 0.717) is 10.6 Å². The SMILES string of the molecule is CS(=O)(=O)Oc1c(Cl)cc(Cl)cc1C=C1N=C(c2ccccc2Cl)OC1=O. The smallest absolute Gasteiger partial charge is 0.363 e. The average molecular weight is 447 g/mol. The fraction of sp³-hybridized carbons (Fsp3) is 0.0588. The monoisotopic (exact) mass is 445 g/mol. The van der Waals surface area contributed by atoms with Crippen molar-refractivity contribution in [2.24, 2.45) is 4.99 Å². The molecule has 0 fully saturated rings. The summed E-state index contributed by atoms with van der Waals surface area (Å²) in [7, 11) is -3.87. The van der Waals surface area contributed by atoms with Gasteiger partial charge in [0, 0.05) is 10.6 Å². The van der Waals surface area contributed by atoms with Crippen molar-refractivity contribution in [3.8, 4) is 5.75 Å². The van der Waals surface area contributed by atoms with E-state index in [4.69, 9.17) is 43.7 Å². The predicted octanol–water partition coefficient (Wildman–Crippen LogP) is 4.33. The summed E-state index contributed by atoms with van der Waals surface area (Å²) in [5, 5.41) is 0.535. The van der Waals surface area contributed by atoms with Gasteiger partial charge >= 0.3 is 16.1 Å². The van der Waals surface area contributed by atoms with Crippen LogP contribution in [0, 0.1) is 0 Å². The summed E-state index contributed by atoms with van der Waals surface area (Å²) in [6, 6.07) is 9.42. The Morgan fingerprint density at radius 3 is 2.48 bits per heavy atom. The van der Waals surface area contributed by atoms with Gasteiger partial charge < -0.3 is 8.92 Å². The lowest BCUT2D eigenvalue weighted by Gasteiger charge is -2.09. The number of hydrogen-bond donors (Lipinski definition) is 0. The first-order chi connectivity index (χ1) is 12.6. The molecule has 140 valence electrons. The molecule has 2 aromatic rings. The number of rotatable bonds is 4. The fourth-order valence-electron chi connectivity index (χ4n) is 2.23. The van der Waals surface area contributed by atoms with Crippen LogP contribution in [0.2, 0.25) is 15.1 Å². The van der Waals surface area contributed by atoms with Crippen molar-refractivity contribution in [3.63, 3.8) is 0 Å². The number of benzene rings is 2. The third kappa shape index (κ3) is 4.62. The Bertz CT molecular complexity index is 1110. The number of aliphatic imine (C=N–C) groups is 1. The zero-order chi connectivity index (χ0) is 19.8. The zero-order valence-corrected chi connectivity index (χ0v) is 16.7. The molecule has 1 aliphatic rings. The molecule has 0 unspecified atom stereocenters. The maximum Gasteiger partial charge on any atom is 0.363 e. The molecule has 0 N–H and O–H groups in total. The van der Waals surface area contributed by atoms with E-state index in [0.717, 1.165) is 6.26 Å². The van der Waals surface area contributed by atoms with E-state index in [1.807, 2.05) is 0 Å². The molecule has 0 aromatic heterocycles. The van der Waals surface area contributed by atoms with Crippen molar-refractivity contribution in [1.29, 1.82) is 0 Å². The Morgan fingerprint density at radius 1 is 1.11 bits per heavy atom. The molecule has 0 saturated heterocycles. The molecule has 6 nitrogen and oxygen atoms in total. The number of nitrogens with zero attached hydrogens (tertiary/aromatic N) is 1. The lowest BCUT2D eigenvalue weighted by atomic mass is 10.1. The van der Waals surface area contributed by atoms with Gasteiger partial charge in [0.15, 0.2) is 11.4 Å². The first kappa shape index (κ1) is 19.7. The van der Waals surface area contributed by atoms with Crippen molar-refractivity contribution >= 4 is 62.9 Å². The van der Waals surface area contributed by atoms with Crippen LogP contribution in [0.25, 0.3) is 6.08 Å². The Morgan fingerprint density at radius 2 is 1.81 bits per heavy atom. The number of carbonyl (C=O) groups excluding carboxylic acids is 1. The van der Waals surface area contributed by atoms with Gasteiger partial charge in [0.1, 0.15) is 0 Å². The largest absolute Gasteiger partial charge is 0.402 e. The molecular weight excluding hydrogens is 437 g/mol. The quantitative estimate of drug-likeness (QED) is 0.397. The Balaban J connectivity index is 2.09. The summed E-state index contributed by atoms with van der Waals surface area (Å²) in [5.41, 5.74) is 0.489. The van der Waals surface area contributed by atoms with Crippen molar-refractivity contribution in [1.82, 2.24) is 0 Å². The molecule has 27 heavy (non-hydrogen) atoms. The molecule has 1 aliphatic heterocycles. The van der Waals surface area contributed by atoms with E-state index in [2.05, 4.69) is 4.99 Å². The van der Waals surface area contributed by atoms with Gasteiger partial charge in [-0.15, -0.1) is 0 Å². The highest BCUT2D eigenvalue weighted by Gasteiger charge is 2.26. The molecule has 0 atom stereocenters. The van der Waals surface area contributed by atoms with Crippen LogP contribution >= 0.6 is 34.8 Å². The Kier molecular flexibility index (Phi) is 5.48. The van der Waals surface area contributed by atoms with E-state index in [9.17, 15) is 13.2 Å². The molecule has 1 heterocycles. The van der Waals surface area contributed by atoms with Crippen LogP contribution in [-0.2, 0) is 19.6 Å². The summed E-state index contributed by atoms with van der Waals surface area (Å²) < 4.78 is 33.1. The highest BCUT2D eigenvalue weighted by atomic mass is 35.5. The van der Waals surface area contributed by atoms with Crippen LogP contribution in [0.1, 0.15) is 11.1 Å². The minimum atomic E-state index is -3.87. The Labute approximate surface area is 170 Å². The molecule has 2 aromatic carbocycles. The first-order valence-corrected chi connectivity index (χ1v) is 10.2. The maximum atomic E-state index is 12.2. The third-order valence-electron chi connectivity index (χ3n) is 3.29.